The summed E-state index contributed by atoms with van der Waals surface area (Å²) in [4.78, 5) is 54.3. The fraction of sp³-hybridized carbons (Fsp3) is 0.556. The molecule has 4 rings (SSSR count). The highest BCUT2D eigenvalue weighted by molar-refractivity contribution is 6.02. The smallest absolute Gasteiger partial charge is 0.268 e. The lowest BCUT2D eigenvalue weighted by Crippen LogP contribution is -2.53. The molecule has 10 nitrogen and oxygen atoms in total. The summed E-state index contributed by atoms with van der Waals surface area (Å²) >= 11 is 0. The highest BCUT2D eigenvalue weighted by Gasteiger charge is 2.34. The lowest BCUT2D eigenvalue weighted by Gasteiger charge is -2.28. The Morgan fingerprint density at radius 1 is 1.08 bits per heavy atom. The third-order valence-electron chi connectivity index (χ3n) is 7.55. The lowest BCUT2D eigenvalue weighted by molar-refractivity contribution is -0.131. The fourth-order valence-electron chi connectivity index (χ4n) is 5.46. The zero-order valence-corrected chi connectivity index (χ0v) is 21.2. The predicted molar refractivity (Wildman–Crippen MR) is 137 cm³/mol. The molecule has 1 aromatic heterocycles. The zero-order chi connectivity index (χ0) is 26.4. The van der Waals surface area contributed by atoms with Crippen LogP contribution in [0.15, 0.2) is 24.3 Å². The minimum absolute atomic E-state index is 0.114. The van der Waals surface area contributed by atoms with E-state index >= 15 is 0 Å². The molecular weight excluding hydrogens is 476 g/mol. The summed E-state index contributed by atoms with van der Waals surface area (Å²) in [7, 11) is 1.56. The number of aliphatic hydroxyl groups excluding tert-OH is 1. The minimum atomic E-state index is -1.01. The molecule has 0 unspecified atom stereocenters. The first-order valence-electron chi connectivity index (χ1n) is 13.1. The molecule has 3 atom stereocenters. The lowest BCUT2D eigenvalue weighted by atomic mass is 9.84. The number of benzene rings is 1. The van der Waals surface area contributed by atoms with Crippen LogP contribution in [0.3, 0.4) is 0 Å². The number of methoxy groups -OCH3 is 1. The van der Waals surface area contributed by atoms with Gasteiger partial charge >= 0.3 is 0 Å². The van der Waals surface area contributed by atoms with Crippen LogP contribution in [0.25, 0.3) is 10.9 Å². The second kappa shape index (κ2) is 12.2. The van der Waals surface area contributed by atoms with Crippen molar-refractivity contribution in [2.24, 2.45) is 11.8 Å². The van der Waals surface area contributed by atoms with E-state index in [1.54, 1.807) is 19.2 Å². The van der Waals surface area contributed by atoms with E-state index in [-0.39, 0.29) is 18.2 Å². The fourth-order valence-corrected chi connectivity index (χ4v) is 5.46. The van der Waals surface area contributed by atoms with Crippen molar-refractivity contribution in [2.75, 3.05) is 20.3 Å². The molecule has 2 heterocycles. The van der Waals surface area contributed by atoms with Crippen LogP contribution in [0.2, 0.25) is 0 Å². The SMILES string of the molecule is COc1cccc2[nH]c(C(=O)N[C@@H](CC3CCCCC3)C(=O)N[C@@H](C[C@@H]3CCNC3=O)C(=O)CO)cc12. The Kier molecular flexibility index (Phi) is 8.81. The Balaban J connectivity index is 1.51. The summed E-state index contributed by atoms with van der Waals surface area (Å²) in [6.45, 7) is -0.219. The number of carbonyl (C=O) groups is 4. The molecule has 2 aromatic rings. The Morgan fingerprint density at radius 3 is 2.54 bits per heavy atom. The Bertz CT molecular complexity index is 1140. The van der Waals surface area contributed by atoms with Gasteiger partial charge in [-0.3, -0.25) is 19.2 Å². The second-order valence-electron chi connectivity index (χ2n) is 10.1. The van der Waals surface area contributed by atoms with E-state index in [9.17, 15) is 24.3 Å². The van der Waals surface area contributed by atoms with E-state index in [1.165, 1.54) is 0 Å². The van der Waals surface area contributed by atoms with Gasteiger partial charge in [0.2, 0.25) is 11.8 Å². The van der Waals surface area contributed by atoms with Crippen molar-refractivity contribution in [3.8, 4) is 5.75 Å². The summed E-state index contributed by atoms with van der Waals surface area (Å²) in [6, 6.07) is 5.28. The number of hydrogen-bond acceptors (Lipinski definition) is 6. The van der Waals surface area contributed by atoms with Gasteiger partial charge in [0.15, 0.2) is 5.78 Å². The number of rotatable bonds is 11. The van der Waals surface area contributed by atoms with Crippen LogP contribution in [0.4, 0.5) is 0 Å². The van der Waals surface area contributed by atoms with Crippen LogP contribution in [-0.2, 0) is 14.4 Å². The Labute approximate surface area is 215 Å². The summed E-state index contributed by atoms with van der Waals surface area (Å²) in [5.74, 6) is -1.14. The molecule has 1 aliphatic carbocycles. The molecule has 1 aromatic carbocycles. The molecule has 10 heteroatoms. The van der Waals surface area contributed by atoms with E-state index < -0.39 is 42.2 Å². The Hall–Kier alpha value is -3.40. The van der Waals surface area contributed by atoms with Crippen LogP contribution in [0.5, 0.6) is 5.75 Å². The molecule has 200 valence electrons. The number of aromatic amines is 1. The minimum Gasteiger partial charge on any atom is -0.496 e. The number of hydrogen-bond donors (Lipinski definition) is 5. The van der Waals surface area contributed by atoms with Gasteiger partial charge in [-0.25, -0.2) is 0 Å². The van der Waals surface area contributed by atoms with Crippen LogP contribution >= 0.6 is 0 Å². The quantitative estimate of drug-likeness (QED) is 0.310. The highest BCUT2D eigenvalue weighted by atomic mass is 16.5. The molecule has 0 bridgehead atoms. The second-order valence-corrected chi connectivity index (χ2v) is 10.1. The summed E-state index contributed by atoms with van der Waals surface area (Å²) in [6.07, 6.45) is 6.40. The summed E-state index contributed by atoms with van der Waals surface area (Å²) < 4.78 is 5.38. The molecule has 2 aliphatic rings. The van der Waals surface area contributed by atoms with Crippen molar-refractivity contribution in [2.45, 2.75) is 63.5 Å². The molecule has 1 aliphatic heterocycles. The highest BCUT2D eigenvalue weighted by Crippen LogP contribution is 2.29. The van der Waals surface area contributed by atoms with Crippen molar-refractivity contribution < 1.29 is 29.0 Å². The number of aliphatic hydroxyl groups is 1. The number of Topliss-reactive ketones (excluding diaryl/α,β-unsaturated/α-hetero) is 1. The Morgan fingerprint density at radius 2 is 1.86 bits per heavy atom. The van der Waals surface area contributed by atoms with Gasteiger partial charge in [0.05, 0.1) is 13.2 Å². The van der Waals surface area contributed by atoms with Gasteiger partial charge in [0.1, 0.15) is 24.1 Å². The first kappa shape index (κ1) is 26.7. The number of H-pyrrole nitrogens is 1. The van der Waals surface area contributed by atoms with Gasteiger partial charge < -0.3 is 30.8 Å². The molecule has 3 amide bonds. The van der Waals surface area contributed by atoms with Gasteiger partial charge in [-0.2, -0.15) is 0 Å². The third-order valence-corrected chi connectivity index (χ3v) is 7.55. The maximum Gasteiger partial charge on any atom is 0.268 e. The van der Waals surface area contributed by atoms with Crippen molar-refractivity contribution in [1.82, 2.24) is 20.9 Å². The third kappa shape index (κ3) is 6.49. The van der Waals surface area contributed by atoms with Crippen LogP contribution in [-0.4, -0.2) is 65.9 Å². The first-order chi connectivity index (χ1) is 17.9. The van der Waals surface area contributed by atoms with E-state index in [2.05, 4.69) is 20.9 Å². The molecule has 1 saturated heterocycles. The van der Waals surface area contributed by atoms with Crippen molar-refractivity contribution in [3.05, 3.63) is 30.0 Å². The maximum absolute atomic E-state index is 13.5. The number of ketones is 1. The summed E-state index contributed by atoms with van der Waals surface area (Å²) in [5, 5.41) is 18.6. The zero-order valence-electron chi connectivity index (χ0n) is 21.2. The molecule has 0 spiro atoms. The number of aromatic nitrogens is 1. The van der Waals surface area contributed by atoms with Gasteiger partial charge in [-0.1, -0.05) is 38.2 Å². The van der Waals surface area contributed by atoms with Crippen molar-refractivity contribution in [3.63, 3.8) is 0 Å². The number of nitrogens with one attached hydrogen (secondary N) is 4. The molecule has 37 heavy (non-hydrogen) atoms. The van der Waals surface area contributed by atoms with Crippen molar-refractivity contribution >= 4 is 34.4 Å². The number of fused-ring (bicyclic) bond motifs is 1. The molecule has 1 saturated carbocycles. The van der Waals surface area contributed by atoms with Gasteiger partial charge in [-0.15, -0.1) is 0 Å². The van der Waals surface area contributed by atoms with Crippen molar-refractivity contribution in [1.29, 1.82) is 0 Å². The molecule has 2 fully saturated rings. The summed E-state index contributed by atoms with van der Waals surface area (Å²) in [5.41, 5.74) is 1.03. The average molecular weight is 513 g/mol. The average Bonchev–Trinajstić information content (AvgIpc) is 3.53. The standard InChI is InChI=1S/C27H36N4O6/c1-37-24-9-5-8-19-18(24)14-22(29-19)27(36)31-21(12-16-6-3-2-4-7-16)26(35)30-20(23(33)15-32)13-17-10-11-28-25(17)34/h5,8-9,14,16-17,20-21,29,32H,2-4,6-7,10-13,15H2,1H3,(H,28,34)(H,30,35)(H,31,36)/t17-,20-,21-/m0/s1. The normalized spacial score (nSPS) is 19.7. The number of carbonyl (C=O) groups excluding carboxylic acids is 4. The van der Waals surface area contributed by atoms with E-state index in [1.807, 2.05) is 12.1 Å². The van der Waals surface area contributed by atoms with Crippen LogP contribution in [0.1, 0.15) is 61.9 Å². The molecule has 5 N–H and O–H groups in total. The van der Waals surface area contributed by atoms with Gasteiger partial charge in [0.25, 0.3) is 5.91 Å². The van der Waals surface area contributed by atoms with E-state index in [4.69, 9.17) is 4.74 Å². The predicted octanol–water partition coefficient (Wildman–Crippen LogP) is 1.82. The monoisotopic (exact) mass is 512 g/mol. The van der Waals surface area contributed by atoms with E-state index in [0.29, 0.717) is 30.8 Å². The first-order valence-corrected chi connectivity index (χ1v) is 13.1. The molecule has 0 radical (unpaired) electrons. The molecular formula is C27H36N4O6. The van der Waals surface area contributed by atoms with Crippen LogP contribution in [0, 0.1) is 11.8 Å². The van der Waals surface area contributed by atoms with Gasteiger partial charge in [-0.05, 0) is 43.4 Å². The topological polar surface area (TPSA) is 150 Å². The number of ether oxygens (including phenoxy) is 1. The largest absolute Gasteiger partial charge is 0.496 e. The number of amides is 3. The maximum atomic E-state index is 13.5. The van der Waals surface area contributed by atoms with Gasteiger partial charge in [0, 0.05) is 23.4 Å². The van der Waals surface area contributed by atoms with Crippen LogP contribution < -0.4 is 20.7 Å². The van der Waals surface area contributed by atoms with E-state index in [0.717, 1.165) is 43.0 Å².